The first-order valence-corrected chi connectivity index (χ1v) is 5.33. The molecule has 1 heterocycles. The zero-order valence-corrected chi connectivity index (χ0v) is 9.79. The highest BCUT2D eigenvalue weighted by atomic mass is 16.4. The van der Waals surface area contributed by atoms with Crippen LogP contribution in [0.5, 0.6) is 0 Å². The van der Waals surface area contributed by atoms with E-state index in [0.29, 0.717) is 0 Å². The number of pyridine rings is 1. The van der Waals surface area contributed by atoms with Crippen LogP contribution in [0.2, 0.25) is 0 Å². The van der Waals surface area contributed by atoms with Gasteiger partial charge in [0.2, 0.25) is 0 Å². The molecule has 88 valence electrons. The molecular formula is C13H14N2O2. The number of fused-ring (bicyclic) bond motifs is 1. The second kappa shape index (κ2) is 4.51. The third-order valence-corrected chi connectivity index (χ3v) is 2.69. The molecule has 2 rings (SSSR count). The van der Waals surface area contributed by atoms with Crippen molar-refractivity contribution < 1.29 is 9.90 Å². The van der Waals surface area contributed by atoms with Gasteiger partial charge in [-0.15, -0.1) is 0 Å². The van der Waals surface area contributed by atoms with Crippen LogP contribution >= 0.6 is 0 Å². The summed E-state index contributed by atoms with van der Waals surface area (Å²) in [6, 6.07) is 8.69. The second-order valence-corrected chi connectivity index (χ2v) is 4.16. The van der Waals surface area contributed by atoms with Crippen LogP contribution in [0.3, 0.4) is 0 Å². The van der Waals surface area contributed by atoms with Gasteiger partial charge >= 0.3 is 5.97 Å². The molecule has 0 spiro atoms. The van der Waals surface area contributed by atoms with Gasteiger partial charge in [-0.05, 0) is 37.9 Å². The van der Waals surface area contributed by atoms with Gasteiger partial charge in [0.1, 0.15) is 6.04 Å². The number of hydrogen-bond acceptors (Lipinski definition) is 3. The SMILES string of the molecule is CN(C)C(C(=O)O)c1ccc2ncccc2c1. The fourth-order valence-electron chi connectivity index (χ4n) is 1.93. The van der Waals surface area contributed by atoms with E-state index in [4.69, 9.17) is 0 Å². The molecule has 4 nitrogen and oxygen atoms in total. The molecule has 1 atom stereocenters. The zero-order chi connectivity index (χ0) is 12.4. The minimum Gasteiger partial charge on any atom is -0.480 e. The van der Waals surface area contributed by atoms with Gasteiger partial charge < -0.3 is 5.11 Å². The van der Waals surface area contributed by atoms with E-state index in [0.717, 1.165) is 16.5 Å². The Labute approximate surface area is 99.5 Å². The summed E-state index contributed by atoms with van der Waals surface area (Å²) in [6.07, 6.45) is 1.72. The van der Waals surface area contributed by atoms with Crippen LogP contribution in [0.4, 0.5) is 0 Å². The smallest absolute Gasteiger partial charge is 0.325 e. The third kappa shape index (κ3) is 2.26. The van der Waals surface area contributed by atoms with Crippen LogP contribution in [0.25, 0.3) is 10.9 Å². The Morgan fingerprint density at radius 3 is 2.76 bits per heavy atom. The summed E-state index contributed by atoms with van der Waals surface area (Å²) in [5, 5.41) is 10.2. The summed E-state index contributed by atoms with van der Waals surface area (Å²) >= 11 is 0. The molecule has 1 aromatic carbocycles. The lowest BCUT2D eigenvalue weighted by atomic mass is 10.0. The van der Waals surface area contributed by atoms with E-state index >= 15 is 0 Å². The van der Waals surface area contributed by atoms with E-state index in [1.165, 1.54) is 0 Å². The predicted molar refractivity (Wildman–Crippen MR) is 65.8 cm³/mol. The Morgan fingerprint density at radius 1 is 1.35 bits per heavy atom. The lowest BCUT2D eigenvalue weighted by Crippen LogP contribution is -2.27. The van der Waals surface area contributed by atoms with Crippen molar-refractivity contribution >= 4 is 16.9 Å². The molecule has 1 aromatic heterocycles. The molecule has 0 bridgehead atoms. The quantitative estimate of drug-likeness (QED) is 0.875. The van der Waals surface area contributed by atoms with Gasteiger partial charge in [-0.25, -0.2) is 0 Å². The lowest BCUT2D eigenvalue weighted by Gasteiger charge is -2.20. The van der Waals surface area contributed by atoms with Gasteiger partial charge in [0.05, 0.1) is 5.52 Å². The van der Waals surface area contributed by atoms with E-state index < -0.39 is 12.0 Å². The van der Waals surface area contributed by atoms with E-state index in [1.807, 2.05) is 30.3 Å². The molecule has 17 heavy (non-hydrogen) atoms. The maximum atomic E-state index is 11.2. The molecule has 1 N–H and O–H groups in total. The number of rotatable bonds is 3. The average molecular weight is 230 g/mol. The Hall–Kier alpha value is -1.94. The van der Waals surface area contributed by atoms with Gasteiger partial charge in [-0.2, -0.15) is 0 Å². The Morgan fingerprint density at radius 2 is 2.12 bits per heavy atom. The van der Waals surface area contributed by atoms with Crippen molar-refractivity contribution in [2.45, 2.75) is 6.04 Å². The minimum absolute atomic E-state index is 0.625. The van der Waals surface area contributed by atoms with Gasteiger partial charge in [-0.1, -0.05) is 12.1 Å². The van der Waals surface area contributed by atoms with Crippen LogP contribution < -0.4 is 0 Å². The number of likely N-dealkylation sites (N-methyl/N-ethyl adjacent to an activating group) is 1. The number of aromatic nitrogens is 1. The number of carboxylic acids is 1. The Balaban J connectivity index is 2.51. The Bertz CT molecular complexity index is 552. The summed E-state index contributed by atoms with van der Waals surface area (Å²) in [4.78, 5) is 17.1. The first kappa shape index (κ1) is 11.5. The van der Waals surface area contributed by atoms with E-state index in [1.54, 1.807) is 25.2 Å². The highest BCUT2D eigenvalue weighted by Gasteiger charge is 2.22. The summed E-state index contributed by atoms with van der Waals surface area (Å²) in [6.45, 7) is 0. The van der Waals surface area contributed by atoms with Gasteiger partial charge in [0.25, 0.3) is 0 Å². The molecule has 0 aliphatic heterocycles. The number of aliphatic carboxylic acids is 1. The zero-order valence-electron chi connectivity index (χ0n) is 9.79. The molecule has 0 aliphatic carbocycles. The number of nitrogens with zero attached hydrogens (tertiary/aromatic N) is 2. The van der Waals surface area contributed by atoms with Crippen molar-refractivity contribution in [2.24, 2.45) is 0 Å². The topological polar surface area (TPSA) is 53.4 Å². The standard InChI is InChI=1S/C13H14N2O2/c1-15(2)12(13(16)17)10-5-6-11-9(8-10)4-3-7-14-11/h3-8,12H,1-2H3,(H,16,17). The predicted octanol–water partition coefficient (Wildman–Crippen LogP) is 1.92. The molecular weight excluding hydrogens is 216 g/mol. The highest BCUT2D eigenvalue weighted by molar-refractivity contribution is 5.82. The normalized spacial score (nSPS) is 12.9. The summed E-state index contributed by atoms with van der Waals surface area (Å²) in [7, 11) is 3.51. The molecule has 0 aliphatic rings. The largest absolute Gasteiger partial charge is 0.480 e. The van der Waals surface area contributed by atoms with E-state index in [9.17, 15) is 9.90 Å². The van der Waals surface area contributed by atoms with Crippen LogP contribution in [0, 0.1) is 0 Å². The summed E-state index contributed by atoms with van der Waals surface area (Å²) in [5.41, 5.74) is 1.64. The summed E-state index contributed by atoms with van der Waals surface area (Å²) in [5.74, 6) is -0.849. The Kier molecular flexibility index (Phi) is 3.06. The number of carbonyl (C=O) groups is 1. The molecule has 0 saturated carbocycles. The third-order valence-electron chi connectivity index (χ3n) is 2.69. The monoisotopic (exact) mass is 230 g/mol. The number of carboxylic acid groups (broad SMARTS) is 1. The fourth-order valence-corrected chi connectivity index (χ4v) is 1.93. The van der Waals surface area contributed by atoms with Crippen LogP contribution in [-0.4, -0.2) is 35.1 Å². The molecule has 2 aromatic rings. The van der Waals surface area contributed by atoms with E-state index in [-0.39, 0.29) is 0 Å². The molecule has 0 saturated heterocycles. The van der Waals surface area contributed by atoms with Crippen molar-refractivity contribution in [3.63, 3.8) is 0 Å². The summed E-state index contributed by atoms with van der Waals surface area (Å²) < 4.78 is 0. The van der Waals surface area contributed by atoms with Crippen molar-refractivity contribution in [1.29, 1.82) is 0 Å². The molecule has 1 unspecified atom stereocenters. The van der Waals surface area contributed by atoms with Gasteiger partial charge in [0, 0.05) is 11.6 Å². The van der Waals surface area contributed by atoms with Crippen molar-refractivity contribution in [3.8, 4) is 0 Å². The van der Waals surface area contributed by atoms with E-state index in [2.05, 4.69) is 4.98 Å². The van der Waals surface area contributed by atoms with Gasteiger partial charge in [0.15, 0.2) is 0 Å². The maximum Gasteiger partial charge on any atom is 0.325 e. The fraction of sp³-hybridized carbons (Fsp3) is 0.231. The first-order valence-electron chi connectivity index (χ1n) is 5.33. The van der Waals surface area contributed by atoms with Crippen LogP contribution in [0.1, 0.15) is 11.6 Å². The first-order chi connectivity index (χ1) is 8.09. The molecule has 0 amide bonds. The average Bonchev–Trinajstić information content (AvgIpc) is 2.28. The molecule has 4 heteroatoms. The second-order valence-electron chi connectivity index (χ2n) is 4.16. The maximum absolute atomic E-state index is 11.2. The van der Waals surface area contributed by atoms with Crippen molar-refractivity contribution in [3.05, 3.63) is 42.1 Å². The lowest BCUT2D eigenvalue weighted by molar-refractivity contribution is -0.142. The highest BCUT2D eigenvalue weighted by Crippen LogP contribution is 2.22. The minimum atomic E-state index is -0.849. The molecule has 0 radical (unpaired) electrons. The number of benzene rings is 1. The van der Waals surface area contributed by atoms with Crippen LogP contribution in [-0.2, 0) is 4.79 Å². The van der Waals surface area contributed by atoms with Crippen LogP contribution in [0.15, 0.2) is 36.5 Å². The number of hydrogen-bond donors (Lipinski definition) is 1. The van der Waals surface area contributed by atoms with Crippen molar-refractivity contribution in [1.82, 2.24) is 9.88 Å². The van der Waals surface area contributed by atoms with Crippen molar-refractivity contribution in [2.75, 3.05) is 14.1 Å². The van der Waals surface area contributed by atoms with Gasteiger partial charge in [-0.3, -0.25) is 14.7 Å². The molecule has 0 fully saturated rings.